The van der Waals surface area contributed by atoms with E-state index in [0.717, 1.165) is 9.87 Å². The van der Waals surface area contributed by atoms with Gasteiger partial charge in [0, 0.05) is 29.1 Å². The van der Waals surface area contributed by atoms with Crippen molar-refractivity contribution in [2.24, 2.45) is 0 Å². The van der Waals surface area contributed by atoms with E-state index < -0.39 is 28.5 Å². The predicted molar refractivity (Wildman–Crippen MR) is 186 cm³/mol. The number of sulfonamides is 1. The molecule has 0 aromatic heterocycles. The Morgan fingerprint density at radius 1 is 0.783 bits per heavy atom. The number of anilines is 1. The van der Waals surface area contributed by atoms with Crippen LogP contribution in [-0.2, 0) is 32.6 Å². The Labute approximate surface area is 290 Å². The van der Waals surface area contributed by atoms with E-state index in [2.05, 4.69) is 5.32 Å². The highest BCUT2D eigenvalue weighted by Crippen LogP contribution is 2.29. The molecule has 4 rings (SSSR count). The molecule has 0 radical (unpaired) electrons. The van der Waals surface area contributed by atoms with Gasteiger partial charge in [-0.05, 0) is 79.1 Å². The van der Waals surface area contributed by atoms with Crippen LogP contribution in [0.5, 0.6) is 0 Å². The van der Waals surface area contributed by atoms with Crippen LogP contribution in [0, 0.1) is 0 Å². The number of carbonyl (C=O) groups excluding carboxylic acids is 2. The van der Waals surface area contributed by atoms with Crippen LogP contribution in [-0.4, -0.2) is 43.8 Å². The molecule has 2 amide bonds. The van der Waals surface area contributed by atoms with Crippen molar-refractivity contribution < 1.29 is 18.0 Å². The van der Waals surface area contributed by atoms with Gasteiger partial charge in [0.2, 0.25) is 11.8 Å². The third kappa shape index (κ3) is 9.17. The molecule has 0 aliphatic carbocycles. The highest BCUT2D eigenvalue weighted by atomic mass is 35.5. The zero-order valence-electron chi connectivity index (χ0n) is 25.2. The Morgan fingerprint density at radius 2 is 1.48 bits per heavy atom. The molecule has 0 saturated carbocycles. The third-order valence-electron chi connectivity index (χ3n) is 7.39. The molecular formula is C34H33Cl4N3O4S. The first-order valence-electron chi connectivity index (χ1n) is 14.5. The maximum atomic E-state index is 14.5. The largest absolute Gasteiger partial charge is 0.352 e. The summed E-state index contributed by atoms with van der Waals surface area (Å²) in [5, 5.41) is 4.25. The number of rotatable bonds is 13. The van der Waals surface area contributed by atoms with Crippen LogP contribution in [0.25, 0.3) is 0 Å². The summed E-state index contributed by atoms with van der Waals surface area (Å²) < 4.78 is 29.2. The number of amides is 2. The molecule has 0 spiro atoms. The van der Waals surface area contributed by atoms with Gasteiger partial charge < -0.3 is 10.2 Å². The average molecular weight is 722 g/mol. The summed E-state index contributed by atoms with van der Waals surface area (Å²) in [7, 11) is -4.30. The van der Waals surface area contributed by atoms with Crippen LogP contribution >= 0.6 is 46.4 Å². The summed E-state index contributed by atoms with van der Waals surface area (Å²) in [6, 6.07) is 24.9. The topological polar surface area (TPSA) is 86.8 Å². The minimum Gasteiger partial charge on any atom is -0.352 e. The first-order valence-corrected chi connectivity index (χ1v) is 17.5. The summed E-state index contributed by atoms with van der Waals surface area (Å²) in [5.74, 6) is -0.995. The van der Waals surface area contributed by atoms with Gasteiger partial charge >= 0.3 is 0 Å². The van der Waals surface area contributed by atoms with E-state index in [1.54, 1.807) is 36.4 Å². The molecule has 2 unspecified atom stereocenters. The smallest absolute Gasteiger partial charge is 0.264 e. The van der Waals surface area contributed by atoms with Crippen LogP contribution in [0.4, 0.5) is 5.69 Å². The van der Waals surface area contributed by atoms with Gasteiger partial charge in [0.15, 0.2) is 0 Å². The van der Waals surface area contributed by atoms with Gasteiger partial charge in [-0.1, -0.05) is 95.8 Å². The molecule has 0 bridgehead atoms. The van der Waals surface area contributed by atoms with Crippen molar-refractivity contribution in [3.05, 3.63) is 128 Å². The lowest BCUT2D eigenvalue weighted by Crippen LogP contribution is -2.54. The Bertz CT molecular complexity index is 1770. The van der Waals surface area contributed by atoms with E-state index in [1.165, 1.54) is 35.2 Å². The molecule has 4 aromatic carbocycles. The van der Waals surface area contributed by atoms with Gasteiger partial charge in [0.05, 0.1) is 20.6 Å². The molecule has 0 saturated heterocycles. The van der Waals surface area contributed by atoms with Gasteiger partial charge in [0.1, 0.15) is 12.6 Å². The average Bonchev–Trinajstić information content (AvgIpc) is 3.03. The molecule has 4 aromatic rings. The maximum absolute atomic E-state index is 14.5. The van der Waals surface area contributed by atoms with E-state index in [-0.39, 0.29) is 45.5 Å². The number of hydrogen-bond donors (Lipinski definition) is 1. The minimum atomic E-state index is -4.30. The second-order valence-corrected chi connectivity index (χ2v) is 14.3. The van der Waals surface area contributed by atoms with Crippen molar-refractivity contribution in [1.82, 2.24) is 10.2 Å². The standard InChI is InChI=1S/C34H33Cl4N3O4S/c1-3-23(2)39-34(43)32(19-24-8-5-4-6-9-24)40(21-25-12-17-30(37)31(38)18-25)33(42)22-41(28-11-7-10-27(36)20-28)46(44,45)29-15-13-26(35)14-16-29/h4-18,20,23,32H,3,19,21-22H2,1-2H3,(H,39,43). The van der Waals surface area contributed by atoms with E-state index in [4.69, 9.17) is 46.4 Å². The van der Waals surface area contributed by atoms with Crippen molar-refractivity contribution in [3.63, 3.8) is 0 Å². The van der Waals surface area contributed by atoms with Gasteiger partial charge in [-0.3, -0.25) is 13.9 Å². The van der Waals surface area contributed by atoms with E-state index >= 15 is 0 Å². The molecule has 1 N–H and O–H groups in total. The lowest BCUT2D eigenvalue weighted by atomic mass is 10.0. The van der Waals surface area contributed by atoms with Crippen LogP contribution in [0.1, 0.15) is 31.4 Å². The molecule has 0 aliphatic rings. The van der Waals surface area contributed by atoms with Crippen LogP contribution < -0.4 is 9.62 Å². The minimum absolute atomic E-state index is 0.0501. The molecule has 12 heteroatoms. The van der Waals surface area contributed by atoms with Crippen LogP contribution in [0.15, 0.2) is 102 Å². The first-order chi connectivity index (χ1) is 21.9. The Morgan fingerprint density at radius 3 is 2.11 bits per heavy atom. The van der Waals surface area contributed by atoms with Gasteiger partial charge in [-0.15, -0.1) is 0 Å². The van der Waals surface area contributed by atoms with Gasteiger partial charge in [-0.2, -0.15) is 0 Å². The second kappa shape index (κ2) is 16.0. The molecule has 7 nitrogen and oxygen atoms in total. The zero-order chi connectivity index (χ0) is 33.4. The lowest BCUT2D eigenvalue weighted by Gasteiger charge is -2.34. The molecule has 0 fully saturated rings. The summed E-state index contributed by atoms with van der Waals surface area (Å²) in [5.41, 5.74) is 1.60. The Kier molecular flexibility index (Phi) is 12.4. The SMILES string of the molecule is CCC(C)NC(=O)C(Cc1ccccc1)N(Cc1ccc(Cl)c(Cl)c1)C(=O)CN(c1cccc(Cl)c1)S(=O)(=O)c1ccc(Cl)cc1. The maximum Gasteiger partial charge on any atom is 0.264 e. The highest BCUT2D eigenvalue weighted by molar-refractivity contribution is 7.92. The lowest BCUT2D eigenvalue weighted by molar-refractivity contribution is -0.140. The van der Waals surface area contributed by atoms with Crippen molar-refractivity contribution in [2.45, 2.75) is 50.2 Å². The summed E-state index contributed by atoms with van der Waals surface area (Å²) in [4.78, 5) is 29.7. The monoisotopic (exact) mass is 719 g/mol. The van der Waals surface area contributed by atoms with Crippen molar-refractivity contribution in [3.8, 4) is 0 Å². The number of nitrogens with one attached hydrogen (secondary N) is 1. The van der Waals surface area contributed by atoms with Crippen LogP contribution in [0.3, 0.4) is 0 Å². The van der Waals surface area contributed by atoms with Gasteiger partial charge in [0.25, 0.3) is 10.0 Å². The third-order valence-corrected chi connectivity index (χ3v) is 10.4. The highest BCUT2D eigenvalue weighted by Gasteiger charge is 2.35. The Balaban J connectivity index is 1.82. The number of carbonyl (C=O) groups is 2. The normalized spacial score (nSPS) is 12.7. The predicted octanol–water partition coefficient (Wildman–Crippen LogP) is 8.05. The molecule has 2 atom stereocenters. The number of nitrogens with zero attached hydrogens (tertiary/aromatic N) is 2. The summed E-state index contributed by atoms with van der Waals surface area (Å²) >= 11 is 24.8. The fraction of sp³-hybridized carbons (Fsp3) is 0.235. The Hall–Kier alpha value is -3.27. The summed E-state index contributed by atoms with van der Waals surface area (Å²) in [6.45, 7) is 3.14. The molecule has 242 valence electrons. The fourth-order valence-electron chi connectivity index (χ4n) is 4.72. The quantitative estimate of drug-likeness (QED) is 0.152. The number of hydrogen-bond acceptors (Lipinski definition) is 4. The number of benzene rings is 4. The van der Waals surface area contributed by atoms with Crippen molar-refractivity contribution in [1.29, 1.82) is 0 Å². The fourth-order valence-corrected chi connectivity index (χ4v) is 6.76. The molecular weight excluding hydrogens is 688 g/mol. The zero-order valence-corrected chi connectivity index (χ0v) is 29.0. The summed E-state index contributed by atoms with van der Waals surface area (Å²) in [6.07, 6.45) is 0.851. The van der Waals surface area contributed by atoms with Crippen molar-refractivity contribution >= 4 is 73.9 Å². The molecule has 0 heterocycles. The first kappa shape index (κ1) is 35.6. The molecule has 46 heavy (non-hydrogen) atoms. The van der Waals surface area contributed by atoms with E-state index in [9.17, 15) is 18.0 Å². The van der Waals surface area contributed by atoms with Crippen LogP contribution in [0.2, 0.25) is 20.1 Å². The second-order valence-electron chi connectivity index (χ2n) is 10.7. The van der Waals surface area contributed by atoms with Crippen molar-refractivity contribution in [2.75, 3.05) is 10.8 Å². The number of halogens is 4. The van der Waals surface area contributed by atoms with E-state index in [0.29, 0.717) is 22.0 Å². The van der Waals surface area contributed by atoms with E-state index in [1.807, 2.05) is 44.2 Å². The van der Waals surface area contributed by atoms with Gasteiger partial charge in [-0.25, -0.2) is 8.42 Å². The molecule has 0 aliphatic heterocycles.